The van der Waals surface area contributed by atoms with Crippen molar-refractivity contribution in [1.82, 2.24) is 9.55 Å². The molecule has 0 amide bonds. The van der Waals surface area contributed by atoms with E-state index in [1.165, 1.54) is 0 Å². The van der Waals surface area contributed by atoms with Crippen molar-refractivity contribution in [3.05, 3.63) is 46.0 Å². The van der Waals surface area contributed by atoms with Crippen LogP contribution in [0.2, 0.25) is 0 Å². The average Bonchev–Trinajstić information content (AvgIpc) is 2.83. The second-order valence-corrected chi connectivity index (χ2v) is 5.67. The highest BCUT2D eigenvalue weighted by molar-refractivity contribution is 9.10. The third-order valence-corrected chi connectivity index (χ3v) is 3.96. The van der Waals surface area contributed by atoms with E-state index >= 15 is 0 Å². The van der Waals surface area contributed by atoms with Gasteiger partial charge in [0.15, 0.2) is 5.69 Å². The number of aliphatic imine (C=N–C) groups is 1. The second-order valence-electron chi connectivity index (χ2n) is 4.40. The number of rotatable bonds is 2. The number of hydrogen-bond donors (Lipinski definition) is 0. The van der Waals surface area contributed by atoms with Crippen LogP contribution in [0.3, 0.4) is 0 Å². The molecule has 0 N–H and O–H groups in total. The van der Waals surface area contributed by atoms with Crippen LogP contribution in [0.25, 0.3) is 5.69 Å². The van der Waals surface area contributed by atoms with Crippen LogP contribution in [0.5, 0.6) is 0 Å². The molecule has 2 aromatic rings. The maximum atomic E-state index is 12.0. The van der Waals surface area contributed by atoms with Gasteiger partial charge < -0.3 is 4.74 Å². The summed E-state index contributed by atoms with van der Waals surface area (Å²) >= 11 is 9.66. The van der Waals surface area contributed by atoms with Crippen molar-refractivity contribution >= 4 is 38.7 Å². The Balaban J connectivity index is 2.18. The molecular weight excluding hydrogens is 358 g/mol. The lowest BCUT2D eigenvalue weighted by atomic mass is 10.2. The van der Waals surface area contributed by atoms with Gasteiger partial charge in [-0.2, -0.15) is 0 Å². The normalized spacial score (nSPS) is 13.0. The van der Waals surface area contributed by atoms with Crippen molar-refractivity contribution in [2.24, 2.45) is 4.99 Å². The first-order chi connectivity index (χ1) is 10.1. The predicted octanol–water partition coefficient (Wildman–Crippen LogP) is 3.31. The van der Waals surface area contributed by atoms with Gasteiger partial charge in [-0.3, -0.25) is 9.56 Å². The van der Waals surface area contributed by atoms with Crippen molar-refractivity contribution in [2.45, 2.75) is 13.5 Å². The number of nitrogens with zero attached hydrogens (tertiary/aromatic N) is 3. The molecule has 108 valence electrons. The number of esters is 1. The van der Waals surface area contributed by atoms with E-state index in [4.69, 9.17) is 16.3 Å². The number of hydrogen-bond acceptors (Lipinski definition) is 4. The summed E-state index contributed by atoms with van der Waals surface area (Å²) in [5.41, 5.74) is 2.58. The molecule has 0 unspecified atom stereocenters. The van der Waals surface area contributed by atoms with Gasteiger partial charge in [-0.1, -0.05) is 27.5 Å². The van der Waals surface area contributed by atoms with Gasteiger partial charge in [-0.05, 0) is 25.1 Å². The summed E-state index contributed by atoms with van der Waals surface area (Å²) in [6, 6.07) is 5.70. The van der Waals surface area contributed by atoms with Crippen molar-refractivity contribution < 1.29 is 9.53 Å². The van der Waals surface area contributed by atoms with Crippen LogP contribution < -0.4 is 0 Å². The van der Waals surface area contributed by atoms with Crippen LogP contribution in [0, 0.1) is 0 Å². The summed E-state index contributed by atoms with van der Waals surface area (Å²) in [5.74, 6) is -0.446. The van der Waals surface area contributed by atoms with Gasteiger partial charge in [0.05, 0.1) is 24.5 Å². The lowest BCUT2D eigenvalue weighted by molar-refractivity contribution is 0.0518. The van der Waals surface area contributed by atoms with Gasteiger partial charge in [0.2, 0.25) is 0 Å². The van der Waals surface area contributed by atoms with E-state index in [-0.39, 0.29) is 12.2 Å². The van der Waals surface area contributed by atoms with Gasteiger partial charge >= 0.3 is 5.97 Å². The summed E-state index contributed by atoms with van der Waals surface area (Å²) in [5, 5.41) is 0.407. The molecule has 3 rings (SSSR count). The topological polar surface area (TPSA) is 56.5 Å². The summed E-state index contributed by atoms with van der Waals surface area (Å²) < 4.78 is 7.76. The molecule has 0 bridgehead atoms. The van der Waals surface area contributed by atoms with Gasteiger partial charge in [-0.15, -0.1) is 0 Å². The first-order valence-corrected chi connectivity index (χ1v) is 7.52. The van der Waals surface area contributed by atoms with Crippen molar-refractivity contribution in [3.63, 3.8) is 0 Å². The molecule has 21 heavy (non-hydrogen) atoms. The smallest absolute Gasteiger partial charge is 0.358 e. The Morgan fingerprint density at radius 2 is 2.33 bits per heavy atom. The van der Waals surface area contributed by atoms with Crippen molar-refractivity contribution in [2.75, 3.05) is 6.61 Å². The molecule has 0 spiro atoms. The molecule has 2 heterocycles. The Labute approximate surface area is 134 Å². The number of fused-ring (bicyclic) bond motifs is 3. The summed E-state index contributed by atoms with van der Waals surface area (Å²) in [4.78, 5) is 20.4. The lowest BCUT2D eigenvalue weighted by Gasteiger charge is -2.09. The maximum Gasteiger partial charge on any atom is 0.358 e. The Bertz CT molecular complexity index is 755. The molecule has 0 aliphatic carbocycles. The molecule has 1 aliphatic heterocycles. The zero-order valence-electron chi connectivity index (χ0n) is 11.1. The van der Waals surface area contributed by atoms with Crippen LogP contribution in [-0.2, 0) is 11.3 Å². The minimum atomic E-state index is -0.446. The number of aromatic nitrogens is 2. The standard InChI is InChI=1S/C14H11BrClN3O2/c1-2-21-14(20)12-11-6-17-13(16)9-5-8(15)3-4-10(9)19(11)7-18-12/h3-5,7H,2,6H2,1H3. The molecule has 0 atom stereocenters. The van der Waals surface area contributed by atoms with Crippen LogP contribution in [-0.4, -0.2) is 27.3 Å². The van der Waals surface area contributed by atoms with Gasteiger partial charge in [0.25, 0.3) is 0 Å². The van der Waals surface area contributed by atoms with E-state index in [9.17, 15) is 4.79 Å². The number of carbonyl (C=O) groups excluding carboxylic acids is 1. The van der Waals surface area contributed by atoms with E-state index in [2.05, 4.69) is 25.9 Å². The maximum absolute atomic E-state index is 12.0. The van der Waals surface area contributed by atoms with Crippen molar-refractivity contribution in [1.29, 1.82) is 0 Å². The molecule has 7 heteroatoms. The molecular formula is C14H11BrClN3O2. The zero-order chi connectivity index (χ0) is 15.0. The Kier molecular flexibility index (Phi) is 3.82. The fourth-order valence-electron chi connectivity index (χ4n) is 2.22. The molecule has 1 aromatic heterocycles. The van der Waals surface area contributed by atoms with E-state index in [1.807, 2.05) is 22.8 Å². The van der Waals surface area contributed by atoms with E-state index < -0.39 is 5.97 Å². The van der Waals surface area contributed by atoms with Crippen LogP contribution in [0.1, 0.15) is 28.7 Å². The van der Waals surface area contributed by atoms with Gasteiger partial charge in [-0.25, -0.2) is 9.78 Å². The van der Waals surface area contributed by atoms with Crippen molar-refractivity contribution in [3.8, 4) is 5.69 Å². The number of imidazole rings is 1. The summed E-state index contributed by atoms with van der Waals surface area (Å²) in [6.07, 6.45) is 1.60. The largest absolute Gasteiger partial charge is 0.461 e. The van der Waals surface area contributed by atoms with Gasteiger partial charge in [0, 0.05) is 10.0 Å². The SMILES string of the molecule is CCOC(=O)c1ncn2c1CN=C(Cl)c1cc(Br)ccc1-2. The zero-order valence-corrected chi connectivity index (χ0v) is 13.5. The number of benzene rings is 1. The minimum absolute atomic E-state index is 0.277. The highest BCUT2D eigenvalue weighted by Gasteiger charge is 2.24. The third kappa shape index (κ3) is 2.49. The average molecular weight is 369 g/mol. The van der Waals surface area contributed by atoms with E-state index in [0.717, 1.165) is 15.7 Å². The minimum Gasteiger partial charge on any atom is -0.461 e. The Morgan fingerprint density at radius 3 is 3.10 bits per heavy atom. The Hall–Kier alpha value is -1.66. The molecule has 1 aliphatic rings. The molecule has 0 saturated heterocycles. The summed E-state index contributed by atoms with van der Waals surface area (Å²) in [6.45, 7) is 2.34. The predicted molar refractivity (Wildman–Crippen MR) is 83.3 cm³/mol. The first kappa shape index (κ1) is 14.3. The van der Waals surface area contributed by atoms with Crippen LogP contribution >= 0.6 is 27.5 Å². The first-order valence-electron chi connectivity index (χ1n) is 6.35. The number of ether oxygens (including phenoxy) is 1. The highest BCUT2D eigenvalue weighted by atomic mass is 79.9. The quantitative estimate of drug-likeness (QED) is 0.764. The fraction of sp³-hybridized carbons (Fsp3) is 0.214. The highest BCUT2D eigenvalue weighted by Crippen LogP contribution is 2.28. The summed E-state index contributed by atoms with van der Waals surface area (Å²) in [7, 11) is 0. The molecule has 0 fully saturated rings. The lowest BCUT2D eigenvalue weighted by Crippen LogP contribution is -2.09. The molecule has 0 saturated carbocycles. The second kappa shape index (κ2) is 5.61. The third-order valence-electron chi connectivity index (χ3n) is 3.14. The van der Waals surface area contributed by atoms with E-state index in [0.29, 0.717) is 17.5 Å². The van der Waals surface area contributed by atoms with E-state index in [1.54, 1.807) is 13.3 Å². The monoisotopic (exact) mass is 367 g/mol. The number of halogens is 2. The van der Waals surface area contributed by atoms with Gasteiger partial charge in [0.1, 0.15) is 11.5 Å². The Morgan fingerprint density at radius 1 is 1.52 bits per heavy atom. The molecule has 1 aromatic carbocycles. The molecule has 5 nitrogen and oxygen atoms in total. The fourth-order valence-corrected chi connectivity index (χ4v) is 2.79. The van der Waals surface area contributed by atoms with Crippen LogP contribution in [0.4, 0.5) is 0 Å². The molecule has 0 radical (unpaired) electrons. The number of carbonyl (C=O) groups is 1. The van der Waals surface area contributed by atoms with Crippen LogP contribution in [0.15, 0.2) is 34.0 Å².